The lowest BCUT2D eigenvalue weighted by Crippen LogP contribution is -2.36. The number of aromatic nitrogens is 6. The summed E-state index contributed by atoms with van der Waals surface area (Å²) in [5, 5.41) is 15.3. The van der Waals surface area contributed by atoms with Crippen molar-refractivity contribution in [1.82, 2.24) is 35.1 Å². The smallest absolute Gasteiger partial charge is 0.220 e. The molecule has 0 bridgehead atoms. The van der Waals surface area contributed by atoms with Gasteiger partial charge in [-0.05, 0) is 66.6 Å². The summed E-state index contributed by atoms with van der Waals surface area (Å²) in [4.78, 5) is 14.5. The second-order valence-corrected chi connectivity index (χ2v) is 10.2. The maximum atomic E-state index is 5.49. The monoisotopic (exact) mass is 467 g/mol. The van der Waals surface area contributed by atoms with Crippen molar-refractivity contribution in [3.05, 3.63) is 45.6 Å². The molecular weight excluding hydrogens is 442 g/mol. The van der Waals surface area contributed by atoms with Gasteiger partial charge in [0.25, 0.3) is 0 Å². The SMILES string of the molecule is Cc1cccc(C)c1-n1nnnc1Sc1nc(CN2CCOCC2)nc2sc(C)c(C)c12. The Kier molecular flexibility index (Phi) is 5.93. The van der Waals surface area contributed by atoms with Crippen LogP contribution in [0, 0.1) is 27.7 Å². The quantitative estimate of drug-likeness (QED) is 0.409. The molecule has 3 aromatic heterocycles. The van der Waals surface area contributed by atoms with Gasteiger partial charge < -0.3 is 4.74 Å². The number of benzene rings is 1. The number of rotatable bonds is 5. The van der Waals surface area contributed by atoms with E-state index >= 15 is 0 Å². The lowest BCUT2D eigenvalue weighted by Gasteiger charge is -2.25. The molecule has 0 radical (unpaired) electrons. The van der Waals surface area contributed by atoms with E-state index in [9.17, 15) is 0 Å². The maximum absolute atomic E-state index is 5.49. The third-order valence-electron chi connectivity index (χ3n) is 5.79. The molecule has 4 heterocycles. The van der Waals surface area contributed by atoms with E-state index in [1.54, 1.807) is 11.3 Å². The molecule has 1 aliphatic rings. The van der Waals surface area contributed by atoms with Crippen LogP contribution in [0.1, 0.15) is 27.4 Å². The first-order valence-electron chi connectivity index (χ1n) is 10.6. The summed E-state index contributed by atoms with van der Waals surface area (Å²) >= 11 is 3.23. The van der Waals surface area contributed by atoms with Gasteiger partial charge in [-0.2, -0.15) is 4.68 Å². The van der Waals surface area contributed by atoms with Gasteiger partial charge >= 0.3 is 0 Å². The highest BCUT2D eigenvalue weighted by molar-refractivity contribution is 7.99. The maximum Gasteiger partial charge on any atom is 0.220 e. The summed E-state index contributed by atoms with van der Waals surface area (Å²) in [6.45, 7) is 12.5. The van der Waals surface area contributed by atoms with E-state index in [0.29, 0.717) is 11.7 Å². The highest BCUT2D eigenvalue weighted by Crippen LogP contribution is 2.38. The molecule has 8 nitrogen and oxygen atoms in total. The van der Waals surface area contributed by atoms with Crippen molar-refractivity contribution in [3.63, 3.8) is 0 Å². The van der Waals surface area contributed by atoms with E-state index < -0.39 is 0 Å². The molecule has 32 heavy (non-hydrogen) atoms. The van der Waals surface area contributed by atoms with Crippen LogP contribution in [0.3, 0.4) is 0 Å². The molecule has 0 aliphatic carbocycles. The molecule has 0 unspecified atom stereocenters. The summed E-state index contributed by atoms with van der Waals surface area (Å²) in [6.07, 6.45) is 0. The molecule has 0 amide bonds. The molecule has 1 aliphatic heterocycles. The number of fused-ring (bicyclic) bond motifs is 1. The van der Waals surface area contributed by atoms with Gasteiger partial charge in [-0.25, -0.2) is 9.97 Å². The fraction of sp³-hybridized carbons (Fsp3) is 0.409. The highest BCUT2D eigenvalue weighted by atomic mass is 32.2. The zero-order chi connectivity index (χ0) is 22.2. The van der Waals surface area contributed by atoms with Crippen LogP contribution in [0.5, 0.6) is 0 Å². The minimum atomic E-state index is 0.697. The van der Waals surface area contributed by atoms with E-state index in [0.717, 1.165) is 64.2 Å². The molecule has 0 N–H and O–H groups in total. The van der Waals surface area contributed by atoms with E-state index in [1.807, 2.05) is 4.68 Å². The number of nitrogens with zero attached hydrogens (tertiary/aromatic N) is 7. The standard InChI is InChI=1S/C22H25N7OS2/c1-13-6-5-7-14(2)19(13)29-22(25-26-27-29)32-21-18-15(3)16(4)31-20(18)23-17(24-21)12-28-8-10-30-11-9-28/h5-7H,8-12H2,1-4H3. The Labute approximate surface area is 195 Å². The molecule has 5 rings (SSSR count). The minimum absolute atomic E-state index is 0.697. The van der Waals surface area contributed by atoms with E-state index in [4.69, 9.17) is 14.7 Å². The lowest BCUT2D eigenvalue weighted by molar-refractivity contribution is 0.0330. The molecule has 0 atom stereocenters. The van der Waals surface area contributed by atoms with Crippen LogP contribution < -0.4 is 0 Å². The number of aryl methyl sites for hydroxylation is 4. The Morgan fingerprint density at radius 2 is 1.81 bits per heavy atom. The fourth-order valence-electron chi connectivity index (χ4n) is 3.97. The van der Waals surface area contributed by atoms with Gasteiger partial charge in [0, 0.05) is 23.4 Å². The predicted molar refractivity (Wildman–Crippen MR) is 126 cm³/mol. The summed E-state index contributed by atoms with van der Waals surface area (Å²) in [7, 11) is 0. The Balaban J connectivity index is 1.56. The van der Waals surface area contributed by atoms with Crippen LogP contribution in [-0.2, 0) is 11.3 Å². The Hall–Kier alpha value is -2.40. The first-order chi connectivity index (χ1) is 15.5. The largest absolute Gasteiger partial charge is 0.379 e. The molecule has 4 aromatic rings. The van der Waals surface area contributed by atoms with Gasteiger partial charge in [0.1, 0.15) is 15.7 Å². The van der Waals surface area contributed by atoms with Gasteiger partial charge in [-0.3, -0.25) is 4.90 Å². The third kappa shape index (κ3) is 4.03. The second kappa shape index (κ2) is 8.86. The van der Waals surface area contributed by atoms with Crippen molar-refractivity contribution < 1.29 is 4.74 Å². The first kappa shape index (κ1) is 21.4. The van der Waals surface area contributed by atoms with Crippen molar-refractivity contribution in [2.75, 3.05) is 26.3 Å². The van der Waals surface area contributed by atoms with E-state index in [-0.39, 0.29) is 0 Å². The average molecular weight is 468 g/mol. The molecule has 1 saturated heterocycles. The number of hydrogen-bond acceptors (Lipinski definition) is 9. The van der Waals surface area contributed by atoms with Crippen LogP contribution in [-0.4, -0.2) is 61.4 Å². The zero-order valence-corrected chi connectivity index (χ0v) is 20.3. The number of ether oxygens (including phenoxy) is 1. The number of morpholine rings is 1. The minimum Gasteiger partial charge on any atom is -0.379 e. The summed E-state index contributed by atoms with van der Waals surface area (Å²) in [5.41, 5.74) is 4.48. The van der Waals surface area contributed by atoms with Crippen molar-refractivity contribution in [3.8, 4) is 5.69 Å². The van der Waals surface area contributed by atoms with Gasteiger partial charge in [0.05, 0.1) is 25.4 Å². The summed E-state index contributed by atoms with van der Waals surface area (Å²) < 4.78 is 7.30. The third-order valence-corrected chi connectivity index (χ3v) is 7.82. The van der Waals surface area contributed by atoms with Crippen LogP contribution in [0.25, 0.3) is 15.9 Å². The van der Waals surface area contributed by atoms with Crippen LogP contribution in [0.15, 0.2) is 28.4 Å². The van der Waals surface area contributed by atoms with Crippen LogP contribution in [0.4, 0.5) is 0 Å². The van der Waals surface area contributed by atoms with E-state index in [1.165, 1.54) is 22.2 Å². The number of hydrogen-bond donors (Lipinski definition) is 0. The van der Waals surface area contributed by atoms with Crippen LogP contribution >= 0.6 is 23.1 Å². The molecule has 1 aromatic carbocycles. The Morgan fingerprint density at radius 1 is 1.06 bits per heavy atom. The normalized spacial score (nSPS) is 15.0. The first-order valence-corrected chi connectivity index (χ1v) is 12.2. The molecule has 1 fully saturated rings. The summed E-state index contributed by atoms with van der Waals surface area (Å²) in [5.74, 6) is 0.828. The Bertz CT molecular complexity index is 1260. The number of tetrazole rings is 1. The Morgan fingerprint density at radius 3 is 2.56 bits per heavy atom. The fourth-order valence-corrected chi connectivity index (χ4v) is 6.05. The van der Waals surface area contributed by atoms with Gasteiger partial charge in [0.2, 0.25) is 5.16 Å². The lowest BCUT2D eigenvalue weighted by atomic mass is 10.1. The topological polar surface area (TPSA) is 81.9 Å². The van der Waals surface area contributed by atoms with Crippen molar-refractivity contribution in [1.29, 1.82) is 0 Å². The van der Waals surface area contributed by atoms with Crippen molar-refractivity contribution in [2.45, 2.75) is 44.4 Å². The number of para-hydroxylation sites is 1. The molecule has 166 valence electrons. The van der Waals surface area contributed by atoms with Crippen molar-refractivity contribution in [2.24, 2.45) is 0 Å². The second-order valence-electron chi connectivity index (χ2n) is 8.01. The van der Waals surface area contributed by atoms with Gasteiger partial charge in [-0.15, -0.1) is 16.4 Å². The molecule has 10 heteroatoms. The van der Waals surface area contributed by atoms with E-state index in [2.05, 4.69) is 66.3 Å². The van der Waals surface area contributed by atoms with Gasteiger partial charge in [0.15, 0.2) is 0 Å². The van der Waals surface area contributed by atoms with Crippen LogP contribution in [0.2, 0.25) is 0 Å². The average Bonchev–Trinajstić information content (AvgIpc) is 3.33. The van der Waals surface area contributed by atoms with Gasteiger partial charge in [-0.1, -0.05) is 18.2 Å². The predicted octanol–water partition coefficient (Wildman–Crippen LogP) is 3.88. The molecular formula is C22H25N7OS2. The van der Waals surface area contributed by atoms with Crippen molar-refractivity contribution >= 4 is 33.3 Å². The molecule has 0 saturated carbocycles. The summed E-state index contributed by atoms with van der Waals surface area (Å²) in [6, 6.07) is 6.21. The zero-order valence-electron chi connectivity index (χ0n) is 18.6. The molecule has 0 spiro atoms. The number of thiophene rings is 1. The highest BCUT2D eigenvalue weighted by Gasteiger charge is 2.21.